The molecule has 6 heteroatoms. The molecule has 0 radical (unpaired) electrons. The van der Waals surface area contributed by atoms with Crippen molar-refractivity contribution in [3.05, 3.63) is 61.5 Å². The zero-order valence-corrected chi connectivity index (χ0v) is 14.1. The summed E-state index contributed by atoms with van der Waals surface area (Å²) >= 11 is 25.6. The van der Waals surface area contributed by atoms with Crippen LogP contribution in [0.3, 0.4) is 0 Å². The fraction of sp³-hybridized carbons (Fsp3) is 0.0714. The third-order valence-corrected chi connectivity index (χ3v) is 5.00. The summed E-state index contributed by atoms with van der Waals surface area (Å²) < 4.78 is 0. The maximum Gasteiger partial charge on any atom is 0.196 e. The molecule has 20 heavy (non-hydrogen) atoms. The SMILES string of the molecule is CSc1ccc(C(=O)c2c(Cl)cc(Cl)c(Cl)c2Cl)cc1. The van der Waals surface area contributed by atoms with Gasteiger partial charge in [-0.1, -0.05) is 46.4 Å². The molecule has 0 aromatic heterocycles. The van der Waals surface area contributed by atoms with Gasteiger partial charge in [-0.05, 0) is 36.6 Å². The van der Waals surface area contributed by atoms with Gasteiger partial charge in [0.2, 0.25) is 0 Å². The van der Waals surface area contributed by atoms with Crippen LogP contribution in [0.5, 0.6) is 0 Å². The van der Waals surface area contributed by atoms with Gasteiger partial charge >= 0.3 is 0 Å². The molecule has 2 aromatic rings. The van der Waals surface area contributed by atoms with Crippen molar-refractivity contribution >= 4 is 63.9 Å². The number of ketones is 1. The van der Waals surface area contributed by atoms with Gasteiger partial charge in [0.25, 0.3) is 0 Å². The molecule has 0 heterocycles. The van der Waals surface area contributed by atoms with Crippen molar-refractivity contribution < 1.29 is 4.79 Å². The number of hydrogen-bond acceptors (Lipinski definition) is 2. The Morgan fingerprint density at radius 1 is 0.950 bits per heavy atom. The fourth-order valence-electron chi connectivity index (χ4n) is 1.66. The lowest BCUT2D eigenvalue weighted by atomic mass is 10.0. The minimum atomic E-state index is -0.286. The standard InChI is InChI=1S/C14H8Cl4OS/c1-20-8-4-2-7(3-5-8)14(19)11-9(15)6-10(16)12(17)13(11)18/h2-6H,1H3. The average molecular weight is 366 g/mol. The molecule has 0 saturated heterocycles. The smallest absolute Gasteiger partial charge is 0.196 e. The number of rotatable bonds is 3. The lowest BCUT2D eigenvalue weighted by Crippen LogP contribution is -2.03. The first-order valence-electron chi connectivity index (χ1n) is 5.47. The molecule has 0 bridgehead atoms. The molecule has 1 nitrogen and oxygen atoms in total. The fourth-order valence-corrected chi connectivity index (χ4v) is 3.15. The summed E-state index contributed by atoms with van der Waals surface area (Å²) in [5, 5.41) is 0.601. The molecule has 2 rings (SSSR count). The Bertz CT molecular complexity index is 668. The molecule has 0 aliphatic heterocycles. The first-order chi connectivity index (χ1) is 9.45. The van der Waals surface area contributed by atoms with Gasteiger partial charge in [-0.15, -0.1) is 11.8 Å². The van der Waals surface area contributed by atoms with E-state index < -0.39 is 0 Å². The number of hydrogen-bond donors (Lipinski definition) is 0. The second kappa shape index (κ2) is 6.59. The van der Waals surface area contributed by atoms with Crippen LogP contribution >= 0.6 is 58.2 Å². The van der Waals surface area contributed by atoms with Crippen LogP contribution in [-0.2, 0) is 0 Å². The minimum absolute atomic E-state index is 0.0723. The zero-order valence-electron chi connectivity index (χ0n) is 10.2. The number of thioether (sulfide) groups is 1. The molecule has 0 N–H and O–H groups in total. The van der Waals surface area contributed by atoms with Crippen LogP contribution in [-0.4, -0.2) is 12.0 Å². The predicted octanol–water partition coefficient (Wildman–Crippen LogP) is 6.25. The van der Waals surface area contributed by atoms with Gasteiger partial charge in [0, 0.05) is 10.5 Å². The van der Waals surface area contributed by atoms with Crippen LogP contribution in [0.4, 0.5) is 0 Å². The Kier molecular flexibility index (Phi) is 5.27. The summed E-state index contributed by atoms with van der Waals surface area (Å²) in [6.45, 7) is 0. The topological polar surface area (TPSA) is 17.1 Å². The Balaban J connectivity index is 2.50. The highest BCUT2D eigenvalue weighted by Gasteiger charge is 2.21. The van der Waals surface area contributed by atoms with Crippen LogP contribution in [0, 0.1) is 0 Å². The van der Waals surface area contributed by atoms with E-state index in [1.165, 1.54) is 6.07 Å². The van der Waals surface area contributed by atoms with Crippen molar-refractivity contribution in [2.24, 2.45) is 0 Å². The van der Waals surface area contributed by atoms with Gasteiger partial charge in [-0.25, -0.2) is 0 Å². The lowest BCUT2D eigenvalue weighted by Gasteiger charge is -2.09. The molecule has 0 fully saturated rings. The third-order valence-electron chi connectivity index (χ3n) is 2.69. The first kappa shape index (κ1) is 16.0. The van der Waals surface area contributed by atoms with E-state index in [0.29, 0.717) is 5.56 Å². The number of carbonyl (C=O) groups excluding carboxylic acids is 1. The maximum atomic E-state index is 12.5. The summed E-state index contributed by atoms with van der Waals surface area (Å²) in [4.78, 5) is 13.5. The van der Waals surface area contributed by atoms with E-state index in [1.54, 1.807) is 23.9 Å². The molecule has 2 aromatic carbocycles. The molecule has 0 aliphatic carbocycles. The molecular weight excluding hydrogens is 358 g/mol. The summed E-state index contributed by atoms with van der Waals surface area (Å²) in [5.41, 5.74) is 0.657. The van der Waals surface area contributed by atoms with Crippen LogP contribution < -0.4 is 0 Å². The van der Waals surface area contributed by atoms with E-state index in [4.69, 9.17) is 46.4 Å². The quantitative estimate of drug-likeness (QED) is 0.276. The molecular formula is C14H8Cl4OS. The number of halogens is 4. The van der Waals surface area contributed by atoms with Crippen LogP contribution in [0.15, 0.2) is 35.2 Å². The highest BCUT2D eigenvalue weighted by molar-refractivity contribution is 7.98. The van der Waals surface area contributed by atoms with Crippen molar-refractivity contribution in [1.29, 1.82) is 0 Å². The van der Waals surface area contributed by atoms with E-state index in [1.807, 2.05) is 18.4 Å². The average Bonchev–Trinajstić information content (AvgIpc) is 2.45. The summed E-state index contributed by atoms with van der Waals surface area (Å²) in [6, 6.07) is 8.59. The second-order valence-corrected chi connectivity index (χ2v) is 6.35. The van der Waals surface area contributed by atoms with Crippen LogP contribution in [0.25, 0.3) is 0 Å². The van der Waals surface area contributed by atoms with E-state index in [-0.39, 0.29) is 31.4 Å². The van der Waals surface area contributed by atoms with Gasteiger partial charge < -0.3 is 0 Å². The van der Waals surface area contributed by atoms with Crippen molar-refractivity contribution in [3.63, 3.8) is 0 Å². The van der Waals surface area contributed by atoms with E-state index in [0.717, 1.165) is 4.90 Å². The zero-order chi connectivity index (χ0) is 14.9. The molecule has 0 unspecified atom stereocenters. The van der Waals surface area contributed by atoms with Gasteiger partial charge in [0.1, 0.15) is 0 Å². The summed E-state index contributed by atoms with van der Waals surface area (Å²) in [5.74, 6) is -0.286. The third kappa shape index (κ3) is 3.10. The van der Waals surface area contributed by atoms with Crippen LogP contribution in [0.1, 0.15) is 15.9 Å². The Labute approximate surface area is 141 Å². The molecule has 0 saturated carbocycles. The van der Waals surface area contributed by atoms with E-state index >= 15 is 0 Å². The number of benzene rings is 2. The summed E-state index contributed by atoms with van der Waals surface area (Å²) in [6.07, 6.45) is 1.96. The number of carbonyl (C=O) groups is 1. The lowest BCUT2D eigenvalue weighted by molar-refractivity contribution is 0.103. The molecule has 0 aliphatic rings. The van der Waals surface area contributed by atoms with Gasteiger partial charge in [0.15, 0.2) is 5.78 Å². The predicted molar refractivity (Wildman–Crippen MR) is 88.1 cm³/mol. The molecule has 0 spiro atoms. The normalized spacial score (nSPS) is 10.7. The van der Waals surface area contributed by atoms with Crippen molar-refractivity contribution in [2.45, 2.75) is 4.90 Å². The second-order valence-electron chi connectivity index (χ2n) is 3.90. The minimum Gasteiger partial charge on any atom is -0.288 e. The van der Waals surface area contributed by atoms with Crippen molar-refractivity contribution in [1.82, 2.24) is 0 Å². The van der Waals surface area contributed by atoms with Crippen molar-refractivity contribution in [3.8, 4) is 0 Å². The maximum absolute atomic E-state index is 12.5. The Morgan fingerprint density at radius 3 is 2.10 bits per heavy atom. The molecule has 0 amide bonds. The van der Waals surface area contributed by atoms with E-state index in [9.17, 15) is 4.79 Å². The van der Waals surface area contributed by atoms with E-state index in [2.05, 4.69) is 0 Å². The molecule has 104 valence electrons. The largest absolute Gasteiger partial charge is 0.288 e. The Morgan fingerprint density at radius 2 is 1.55 bits per heavy atom. The Hall–Kier alpha value is -0.380. The molecule has 0 atom stereocenters. The highest BCUT2D eigenvalue weighted by Crippen LogP contribution is 2.38. The van der Waals surface area contributed by atoms with Gasteiger partial charge in [0.05, 0.1) is 25.7 Å². The monoisotopic (exact) mass is 364 g/mol. The van der Waals surface area contributed by atoms with Gasteiger partial charge in [-0.2, -0.15) is 0 Å². The summed E-state index contributed by atoms with van der Waals surface area (Å²) in [7, 11) is 0. The van der Waals surface area contributed by atoms with Crippen molar-refractivity contribution in [2.75, 3.05) is 6.26 Å². The van der Waals surface area contributed by atoms with Crippen LogP contribution in [0.2, 0.25) is 20.1 Å². The first-order valence-corrected chi connectivity index (χ1v) is 8.21. The highest BCUT2D eigenvalue weighted by atomic mass is 35.5. The van der Waals surface area contributed by atoms with Gasteiger partial charge in [-0.3, -0.25) is 4.79 Å².